The predicted octanol–water partition coefficient (Wildman–Crippen LogP) is 4.78. The van der Waals surface area contributed by atoms with Crippen LogP contribution in [-0.2, 0) is 4.79 Å². The summed E-state index contributed by atoms with van der Waals surface area (Å²) in [5.74, 6) is -0.150. The number of halogens is 1. The fourth-order valence-corrected chi connectivity index (χ4v) is 3.54. The molecule has 0 amide bonds. The Labute approximate surface area is 164 Å². The van der Waals surface area contributed by atoms with E-state index in [0.717, 1.165) is 21.6 Å². The van der Waals surface area contributed by atoms with E-state index in [4.69, 9.17) is 16.3 Å². The Morgan fingerprint density at radius 1 is 1.11 bits per heavy atom. The summed E-state index contributed by atoms with van der Waals surface area (Å²) in [4.78, 5) is 36.7. The number of ketones is 2. The van der Waals surface area contributed by atoms with E-state index >= 15 is 0 Å². The molecule has 2 aromatic carbocycles. The number of methoxy groups -OCH3 is 1. The predicted molar refractivity (Wildman–Crippen MR) is 109 cm³/mol. The zero-order chi connectivity index (χ0) is 19.4. The Bertz CT molecular complexity index is 1100. The van der Waals surface area contributed by atoms with Crippen molar-refractivity contribution in [1.29, 1.82) is 0 Å². The number of allylic oxidation sites excluding steroid dienone is 1. The van der Waals surface area contributed by atoms with Gasteiger partial charge in [-0.2, -0.15) is 0 Å². The molecule has 0 aliphatic heterocycles. The summed E-state index contributed by atoms with van der Waals surface area (Å²) in [6.45, 7) is 0. The number of hydrogen-bond donors (Lipinski definition) is 0. The summed E-state index contributed by atoms with van der Waals surface area (Å²) < 4.78 is 5.46. The monoisotopic (exact) mass is 398 g/mol. The summed E-state index contributed by atoms with van der Waals surface area (Å²) in [6.07, 6.45) is 2.60. The number of fused-ring (bicyclic) bond motifs is 1. The van der Waals surface area contributed by atoms with E-state index in [1.54, 1.807) is 55.7 Å². The molecule has 136 valence electrons. The maximum atomic E-state index is 12.4. The molecule has 4 nitrogen and oxygen atoms in total. The molecule has 27 heavy (non-hydrogen) atoms. The van der Waals surface area contributed by atoms with Crippen molar-refractivity contribution in [3.05, 3.63) is 80.3 Å². The molecule has 0 bridgehead atoms. The molecular formula is C21H15ClO4S. The molecule has 0 spiro atoms. The van der Waals surface area contributed by atoms with Gasteiger partial charge in [0, 0.05) is 9.72 Å². The molecule has 3 aromatic rings. The van der Waals surface area contributed by atoms with Gasteiger partial charge in [-0.25, -0.2) is 0 Å². The molecule has 6 heteroatoms. The van der Waals surface area contributed by atoms with Crippen LogP contribution in [0.5, 0.6) is 5.75 Å². The maximum Gasteiger partial charge on any atom is 0.243 e. The fraction of sp³-hybridized carbons (Fsp3) is 0.0952. The van der Waals surface area contributed by atoms with Gasteiger partial charge in [-0.3, -0.25) is 14.4 Å². The SMILES string of the molecule is COc1ccc(C=CC(=O)CC(=O)c2cc3cc(Cl)ccc3sc2=O)cc1. The summed E-state index contributed by atoms with van der Waals surface area (Å²) >= 11 is 6.93. The first kappa shape index (κ1) is 19.0. The number of carbonyl (C=O) groups excluding carboxylic acids is 2. The summed E-state index contributed by atoms with van der Waals surface area (Å²) in [7, 11) is 1.58. The second-order valence-electron chi connectivity index (χ2n) is 5.80. The van der Waals surface area contributed by atoms with Crippen LogP contribution in [0.3, 0.4) is 0 Å². The summed E-state index contributed by atoms with van der Waals surface area (Å²) in [5.41, 5.74) is 0.824. The number of ether oxygens (including phenoxy) is 1. The quantitative estimate of drug-likeness (QED) is 0.340. The van der Waals surface area contributed by atoms with Gasteiger partial charge in [-0.1, -0.05) is 41.1 Å². The van der Waals surface area contributed by atoms with Gasteiger partial charge < -0.3 is 4.74 Å². The molecule has 0 aliphatic rings. The Morgan fingerprint density at radius 2 is 1.85 bits per heavy atom. The first-order valence-corrected chi connectivity index (χ1v) is 9.27. The number of Topliss-reactive ketones (excluding diaryl/α,β-unsaturated/α-hetero) is 1. The van der Waals surface area contributed by atoms with Crippen LogP contribution in [0.1, 0.15) is 22.3 Å². The molecule has 0 N–H and O–H groups in total. The highest BCUT2D eigenvalue weighted by Gasteiger charge is 2.15. The van der Waals surface area contributed by atoms with Crippen LogP contribution in [0.2, 0.25) is 5.02 Å². The first-order valence-electron chi connectivity index (χ1n) is 8.08. The van der Waals surface area contributed by atoms with E-state index in [1.165, 1.54) is 12.1 Å². The molecule has 0 aliphatic carbocycles. The van der Waals surface area contributed by atoms with Crippen LogP contribution < -0.4 is 9.48 Å². The van der Waals surface area contributed by atoms with E-state index in [2.05, 4.69) is 0 Å². The van der Waals surface area contributed by atoms with Crippen molar-refractivity contribution in [3.63, 3.8) is 0 Å². The lowest BCUT2D eigenvalue weighted by Crippen LogP contribution is -2.14. The smallest absolute Gasteiger partial charge is 0.243 e. The minimum Gasteiger partial charge on any atom is -0.497 e. The highest BCUT2D eigenvalue weighted by Crippen LogP contribution is 2.22. The third-order valence-electron chi connectivity index (χ3n) is 3.91. The molecule has 0 atom stereocenters. The Hall–Kier alpha value is -2.76. The standard InChI is InChI=1S/C21H15ClO4S/c1-26-17-7-3-13(4-8-17)2-6-16(23)12-19(24)18-11-14-10-15(22)5-9-20(14)27-21(18)25/h2-11H,12H2,1H3. The van der Waals surface area contributed by atoms with E-state index in [-0.39, 0.29) is 22.5 Å². The van der Waals surface area contributed by atoms with Gasteiger partial charge in [0.2, 0.25) is 4.74 Å². The molecular weight excluding hydrogens is 384 g/mol. The molecule has 0 saturated heterocycles. The molecule has 0 radical (unpaired) electrons. The first-order chi connectivity index (χ1) is 13.0. The van der Waals surface area contributed by atoms with Crippen LogP contribution in [0, 0.1) is 0 Å². The average Bonchev–Trinajstić information content (AvgIpc) is 2.66. The van der Waals surface area contributed by atoms with Gasteiger partial charge in [0.25, 0.3) is 0 Å². The van der Waals surface area contributed by atoms with Crippen LogP contribution in [0.4, 0.5) is 0 Å². The molecule has 1 heterocycles. The zero-order valence-corrected chi connectivity index (χ0v) is 16.0. The van der Waals surface area contributed by atoms with Crippen molar-refractivity contribution < 1.29 is 14.3 Å². The van der Waals surface area contributed by atoms with Crippen molar-refractivity contribution in [3.8, 4) is 5.75 Å². The van der Waals surface area contributed by atoms with Crippen molar-refractivity contribution in [2.24, 2.45) is 0 Å². The summed E-state index contributed by atoms with van der Waals surface area (Å²) in [5, 5.41) is 1.22. The maximum absolute atomic E-state index is 12.4. The fourth-order valence-electron chi connectivity index (χ4n) is 2.51. The van der Waals surface area contributed by atoms with Gasteiger partial charge >= 0.3 is 0 Å². The van der Waals surface area contributed by atoms with Gasteiger partial charge in [0.1, 0.15) is 5.75 Å². The number of hydrogen-bond acceptors (Lipinski definition) is 5. The van der Waals surface area contributed by atoms with Crippen LogP contribution in [-0.4, -0.2) is 18.7 Å². The topological polar surface area (TPSA) is 60.4 Å². The second kappa shape index (κ2) is 8.29. The van der Waals surface area contributed by atoms with E-state index < -0.39 is 5.78 Å². The molecule has 3 rings (SSSR count). The van der Waals surface area contributed by atoms with E-state index in [9.17, 15) is 14.4 Å². The van der Waals surface area contributed by atoms with E-state index in [1.807, 2.05) is 0 Å². The zero-order valence-electron chi connectivity index (χ0n) is 14.4. The third kappa shape index (κ3) is 4.70. The van der Waals surface area contributed by atoms with Gasteiger partial charge in [0.05, 0.1) is 19.1 Å². The number of rotatable bonds is 6. The van der Waals surface area contributed by atoms with Gasteiger partial charge in [0.15, 0.2) is 11.6 Å². The Morgan fingerprint density at radius 3 is 2.56 bits per heavy atom. The minimum atomic E-state index is -0.498. The van der Waals surface area contributed by atoms with Crippen molar-refractivity contribution in [2.75, 3.05) is 7.11 Å². The van der Waals surface area contributed by atoms with Gasteiger partial charge in [-0.15, -0.1) is 0 Å². The van der Waals surface area contributed by atoms with Crippen molar-refractivity contribution in [2.45, 2.75) is 6.42 Å². The van der Waals surface area contributed by atoms with E-state index in [0.29, 0.717) is 16.2 Å². The minimum absolute atomic E-state index is 0.0148. The van der Waals surface area contributed by atoms with Crippen LogP contribution in [0.15, 0.2) is 59.4 Å². The number of carbonyl (C=O) groups is 2. The third-order valence-corrected chi connectivity index (χ3v) is 5.14. The highest BCUT2D eigenvalue weighted by molar-refractivity contribution is 7.16. The largest absolute Gasteiger partial charge is 0.497 e. The average molecular weight is 399 g/mol. The molecule has 1 aromatic heterocycles. The summed E-state index contributed by atoms with van der Waals surface area (Å²) in [6, 6.07) is 13.8. The molecule has 0 unspecified atom stereocenters. The number of benzene rings is 2. The highest BCUT2D eigenvalue weighted by atomic mass is 35.5. The lowest BCUT2D eigenvalue weighted by molar-refractivity contribution is -0.113. The Kier molecular flexibility index (Phi) is 5.84. The van der Waals surface area contributed by atoms with Crippen LogP contribution in [0.25, 0.3) is 16.2 Å². The molecule has 0 fully saturated rings. The van der Waals surface area contributed by atoms with Gasteiger partial charge in [-0.05, 0) is 53.4 Å². The second-order valence-corrected chi connectivity index (χ2v) is 7.25. The van der Waals surface area contributed by atoms with Crippen LogP contribution >= 0.6 is 22.9 Å². The lowest BCUT2D eigenvalue weighted by atomic mass is 10.1. The normalized spacial score (nSPS) is 11.0. The lowest BCUT2D eigenvalue weighted by Gasteiger charge is -2.02. The molecule has 0 saturated carbocycles. The van der Waals surface area contributed by atoms with Crippen molar-refractivity contribution in [1.82, 2.24) is 0 Å². The van der Waals surface area contributed by atoms with Crippen molar-refractivity contribution >= 4 is 50.7 Å². The Balaban J connectivity index is 1.75.